The first-order valence-corrected chi connectivity index (χ1v) is 10.5. The highest BCUT2D eigenvalue weighted by atomic mass is 16.5. The number of rotatable bonds is 3. The lowest BCUT2D eigenvalue weighted by Gasteiger charge is -2.29. The number of carbonyl (C=O) groups excluding carboxylic acids is 1. The first-order valence-electron chi connectivity index (χ1n) is 10.5. The van der Waals surface area contributed by atoms with Gasteiger partial charge in [0.15, 0.2) is 0 Å². The van der Waals surface area contributed by atoms with E-state index in [1.165, 1.54) is 0 Å². The molecule has 0 radical (unpaired) electrons. The monoisotopic (exact) mass is 381 g/mol. The molecule has 1 saturated heterocycles. The Bertz CT molecular complexity index is 962. The van der Waals surface area contributed by atoms with Crippen LogP contribution in [-0.4, -0.2) is 35.8 Å². The molecule has 0 aromatic heterocycles. The third-order valence-electron chi connectivity index (χ3n) is 6.44. The zero-order chi connectivity index (χ0) is 19.4. The zero-order valence-corrected chi connectivity index (χ0v) is 16.3. The van der Waals surface area contributed by atoms with Crippen LogP contribution in [0.5, 0.6) is 0 Å². The van der Waals surface area contributed by atoms with Crippen molar-refractivity contribution in [3.8, 4) is 11.3 Å². The van der Waals surface area contributed by atoms with E-state index in [4.69, 9.17) is 10.5 Å². The van der Waals surface area contributed by atoms with Gasteiger partial charge < -0.3 is 19.9 Å². The second-order valence-electron chi connectivity index (χ2n) is 8.39. The van der Waals surface area contributed by atoms with Gasteiger partial charge in [0.25, 0.3) is 0 Å². The number of aromatic nitrogens is 1. The molecule has 28 heavy (non-hydrogen) atoms. The summed E-state index contributed by atoms with van der Waals surface area (Å²) in [5, 5.41) is 0. The summed E-state index contributed by atoms with van der Waals surface area (Å²) in [6.07, 6.45) is 5.44. The molecule has 2 N–H and O–H groups in total. The molecule has 0 amide bonds. The van der Waals surface area contributed by atoms with Crippen LogP contribution in [0.1, 0.15) is 60.9 Å². The van der Waals surface area contributed by atoms with Crippen LogP contribution in [0, 0.1) is 0 Å². The van der Waals surface area contributed by atoms with Gasteiger partial charge in [-0.15, -0.1) is 0 Å². The van der Waals surface area contributed by atoms with Gasteiger partial charge in [-0.05, 0) is 68.7 Å². The van der Waals surface area contributed by atoms with E-state index in [2.05, 4.69) is 9.47 Å². The molecule has 2 fully saturated rings. The normalized spacial score (nSPS) is 24.0. The summed E-state index contributed by atoms with van der Waals surface area (Å²) in [6.45, 7) is 3.79. The molecule has 5 aliphatic rings. The van der Waals surface area contributed by atoms with Crippen molar-refractivity contribution in [2.75, 3.05) is 18.1 Å². The Balaban J connectivity index is 1.73. The average molecular weight is 381 g/mol. The number of esters is 1. The SMILES string of the molecule is CCOC(=O)c1cc(C2CC2)c2n3c(ccc-2c1=O)N1CC(N)CC1CCC3. The van der Waals surface area contributed by atoms with E-state index in [0.29, 0.717) is 17.5 Å². The van der Waals surface area contributed by atoms with E-state index in [0.717, 1.165) is 62.3 Å². The molecule has 0 bridgehead atoms. The maximum Gasteiger partial charge on any atom is 0.342 e. The van der Waals surface area contributed by atoms with Gasteiger partial charge >= 0.3 is 5.97 Å². The van der Waals surface area contributed by atoms with Crippen molar-refractivity contribution >= 4 is 11.8 Å². The zero-order valence-electron chi connectivity index (χ0n) is 16.3. The van der Waals surface area contributed by atoms with E-state index in [1.807, 2.05) is 18.2 Å². The van der Waals surface area contributed by atoms with Crippen molar-refractivity contribution in [1.29, 1.82) is 0 Å². The second kappa shape index (κ2) is 6.62. The lowest BCUT2D eigenvalue weighted by molar-refractivity contribution is 0.0525. The van der Waals surface area contributed by atoms with Crippen LogP contribution in [0.25, 0.3) is 11.3 Å². The number of nitrogens with zero attached hydrogens (tertiary/aromatic N) is 2. The molecule has 6 heteroatoms. The van der Waals surface area contributed by atoms with E-state index >= 15 is 0 Å². The topological polar surface area (TPSA) is 77.6 Å². The highest BCUT2D eigenvalue weighted by molar-refractivity contribution is 5.92. The number of anilines is 1. The Morgan fingerprint density at radius 1 is 1.29 bits per heavy atom. The first kappa shape index (κ1) is 17.7. The third-order valence-corrected chi connectivity index (χ3v) is 6.44. The molecular weight excluding hydrogens is 354 g/mol. The Kier molecular flexibility index (Phi) is 4.19. The molecule has 2 atom stereocenters. The molecule has 148 valence electrons. The van der Waals surface area contributed by atoms with Crippen LogP contribution in [0.3, 0.4) is 0 Å². The summed E-state index contributed by atoms with van der Waals surface area (Å²) in [5.41, 5.74) is 8.99. The van der Waals surface area contributed by atoms with Crippen LogP contribution in [0.2, 0.25) is 0 Å². The van der Waals surface area contributed by atoms with E-state index < -0.39 is 5.97 Å². The van der Waals surface area contributed by atoms with Gasteiger partial charge in [0, 0.05) is 30.7 Å². The van der Waals surface area contributed by atoms with Crippen LogP contribution < -0.4 is 16.1 Å². The maximum atomic E-state index is 13.1. The van der Waals surface area contributed by atoms with Gasteiger partial charge in [-0.1, -0.05) is 0 Å². The van der Waals surface area contributed by atoms with Crippen molar-refractivity contribution in [2.45, 2.75) is 63.6 Å². The van der Waals surface area contributed by atoms with Crippen LogP contribution in [0.4, 0.5) is 5.82 Å². The minimum Gasteiger partial charge on any atom is -0.462 e. The Labute approximate surface area is 164 Å². The van der Waals surface area contributed by atoms with Crippen molar-refractivity contribution in [3.63, 3.8) is 0 Å². The molecule has 5 rings (SSSR count). The smallest absolute Gasteiger partial charge is 0.342 e. The molecular formula is C22H27N3O3. The maximum absolute atomic E-state index is 13.1. The van der Waals surface area contributed by atoms with Crippen molar-refractivity contribution in [2.24, 2.45) is 5.73 Å². The number of hydrogen-bond donors (Lipinski definition) is 1. The second-order valence-corrected chi connectivity index (χ2v) is 8.39. The number of ether oxygens (including phenoxy) is 1. The number of carbonyl (C=O) groups is 1. The molecule has 6 nitrogen and oxygen atoms in total. The minimum atomic E-state index is -0.512. The van der Waals surface area contributed by atoms with Crippen molar-refractivity contribution in [1.82, 2.24) is 4.57 Å². The fourth-order valence-corrected chi connectivity index (χ4v) is 5.05. The van der Waals surface area contributed by atoms with Crippen LogP contribution >= 0.6 is 0 Å². The van der Waals surface area contributed by atoms with Gasteiger partial charge in [0.05, 0.1) is 12.3 Å². The number of pyridine rings is 1. The predicted molar refractivity (Wildman–Crippen MR) is 108 cm³/mol. The quantitative estimate of drug-likeness (QED) is 0.827. The van der Waals surface area contributed by atoms with E-state index in [1.54, 1.807) is 6.92 Å². The standard InChI is InChI=1S/C22H27N3O3/c1-2-28-22(27)18-11-17(13-5-6-13)20-16(21(18)26)7-8-19-24(20)9-3-4-15-10-14(23)12-25(15)19/h7-8,11,13-15H,2-6,9-10,12,23H2,1H3. The Hall–Kier alpha value is -2.34. The van der Waals surface area contributed by atoms with Gasteiger partial charge in [0.1, 0.15) is 11.4 Å². The fraction of sp³-hybridized carbons (Fsp3) is 0.545. The van der Waals surface area contributed by atoms with Crippen molar-refractivity contribution < 1.29 is 9.53 Å². The van der Waals surface area contributed by atoms with E-state index in [9.17, 15) is 9.59 Å². The molecule has 2 aliphatic carbocycles. The lowest BCUT2D eigenvalue weighted by atomic mass is 9.95. The molecule has 0 spiro atoms. The van der Waals surface area contributed by atoms with E-state index in [-0.39, 0.29) is 23.6 Å². The molecule has 2 unspecified atom stereocenters. The molecule has 3 aliphatic heterocycles. The first-order chi connectivity index (χ1) is 13.6. The molecule has 3 heterocycles. The number of benzene rings is 1. The highest BCUT2D eigenvalue weighted by Crippen LogP contribution is 2.46. The number of hydrogen-bond acceptors (Lipinski definition) is 5. The van der Waals surface area contributed by atoms with Gasteiger partial charge in [-0.2, -0.15) is 0 Å². The third kappa shape index (κ3) is 2.73. The Morgan fingerprint density at radius 3 is 2.86 bits per heavy atom. The summed E-state index contributed by atoms with van der Waals surface area (Å²) in [4.78, 5) is 28.0. The molecule has 1 saturated carbocycles. The number of nitrogens with two attached hydrogens (primary N) is 1. The summed E-state index contributed by atoms with van der Waals surface area (Å²) >= 11 is 0. The largest absolute Gasteiger partial charge is 0.462 e. The van der Waals surface area contributed by atoms with Crippen molar-refractivity contribution in [3.05, 3.63) is 39.5 Å². The minimum absolute atomic E-state index is 0.173. The summed E-state index contributed by atoms with van der Waals surface area (Å²) in [7, 11) is 0. The predicted octanol–water partition coefficient (Wildman–Crippen LogP) is 2.71. The highest BCUT2D eigenvalue weighted by Gasteiger charge is 2.37. The van der Waals surface area contributed by atoms with Gasteiger partial charge in [-0.25, -0.2) is 4.79 Å². The van der Waals surface area contributed by atoms with Crippen LogP contribution in [0.15, 0.2) is 23.0 Å². The number of fused-ring (bicyclic) bond motifs is 5. The Morgan fingerprint density at radius 2 is 2.11 bits per heavy atom. The average Bonchev–Trinajstić information content (AvgIpc) is 3.47. The summed E-state index contributed by atoms with van der Waals surface area (Å²) in [5.74, 6) is 1.07. The summed E-state index contributed by atoms with van der Waals surface area (Å²) < 4.78 is 7.46. The lowest BCUT2D eigenvalue weighted by Crippen LogP contribution is -2.32. The van der Waals surface area contributed by atoms with Gasteiger partial charge in [-0.3, -0.25) is 4.79 Å². The molecule has 0 aromatic rings. The van der Waals surface area contributed by atoms with Gasteiger partial charge in [0.2, 0.25) is 5.43 Å². The fourth-order valence-electron chi connectivity index (χ4n) is 5.05. The van der Waals surface area contributed by atoms with Crippen LogP contribution in [-0.2, 0) is 11.3 Å². The summed E-state index contributed by atoms with van der Waals surface area (Å²) in [6, 6.07) is 6.45. The molecule has 0 aromatic carbocycles.